The molecule has 4 rings (SSSR count). The van der Waals surface area contributed by atoms with Crippen LogP contribution in [0.3, 0.4) is 0 Å². The van der Waals surface area contributed by atoms with Crippen molar-refractivity contribution in [3.63, 3.8) is 0 Å². The maximum absolute atomic E-state index is 13.2. The lowest BCUT2D eigenvalue weighted by Gasteiger charge is -2.39. The summed E-state index contributed by atoms with van der Waals surface area (Å²) in [6, 6.07) is 4.42. The van der Waals surface area contributed by atoms with Crippen LogP contribution in [-0.4, -0.2) is 52.9 Å². The largest absolute Gasteiger partial charge is 0.375 e. The van der Waals surface area contributed by atoms with Crippen LogP contribution in [0.1, 0.15) is 43.4 Å². The van der Waals surface area contributed by atoms with Gasteiger partial charge < -0.3 is 15.5 Å². The zero-order valence-electron chi connectivity index (χ0n) is 15.7. The fourth-order valence-corrected chi connectivity index (χ4v) is 5.94. The van der Waals surface area contributed by atoms with E-state index in [9.17, 15) is 4.79 Å². The number of nitrogens with two attached hydrogens (primary N) is 1. The molecule has 0 radical (unpaired) electrons. The van der Waals surface area contributed by atoms with Gasteiger partial charge >= 0.3 is 0 Å². The number of thiazole rings is 1. The molecule has 2 aromatic heterocycles. The molecule has 2 fully saturated rings. The van der Waals surface area contributed by atoms with E-state index in [-0.39, 0.29) is 5.91 Å². The number of amides is 1. The summed E-state index contributed by atoms with van der Waals surface area (Å²) in [5, 5.41) is 2.58. The van der Waals surface area contributed by atoms with E-state index in [2.05, 4.69) is 14.8 Å². The molecule has 1 atom stereocenters. The van der Waals surface area contributed by atoms with E-state index < -0.39 is 0 Å². The monoisotopic (exact) mass is 404 g/mol. The molecule has 0 aliphatic carbocycles. The number of nitrogens with zero attached hydrogens (tertiary/aromatic N) is 3. The molecule has 0 saturated carbocycles. The Bertz CT molecular complexity index is 752. The van der Waals surface area contributed by atoms with E-state index >= 15 is 0 Å². The molecule has 146 valence electrons. The third kappa shape index (κ3) is 4.52. The average Bonchev–Trinajstić information content (AvgIpc) is 3.32. The van der Waals surface area contributed by atoms with Gasteiger partial charge in [0.1, 0.15) is 0 Å². The maximum atomic E-state index is 13.2. The van der Waals surface area contributed by atoms with Crippen LogP contribution in [-0.2, 0) is 11.2 Å². The summed E-state index contributed by atoms with van der Waals surface area (Å²) in [5.74, 6) is 0.234. The minimum Gasteiger partial charge on any atom is -0.375 e. The maximum Gasteiger partial charge on any atom is 0.228 e. The number of carbonyl (C=O) groups is 1. The fraction of sp³-hybridized carbons (Fsp3) is 0.600. The number of piperidine rings is 2. The van der Waals surface area contributed by atoms with Gasteiger partial charge in [-0.1, -0.05) is 12.5 Å². The molecule has 0 spiro atoms. The molecule has 2 aliphatic heterocycles. The van der Waals surface area contributed by atoms with Gasteiger partial charge in [0.2, 0.25) is 5.91 Å². The van der Waals surface area contributed by atoms with Crippen molar-refractivity contribution < 1.29 is 4.79 Å². The molecule has 2 aromatic rings. The topological polar surface area (TPSA) is 62.5 Å². The van der Waals surface area contributed by atoms with E-state index in [0.717, 1.165) is 41.4 Å². The first-order valence-electron chi connectivity index (χ1n) is 10.0. The Morgan fingerprint density at radius 2 is 2.00 bits per heavy atom. The van der Waals surface area contributed by atoms with Crippen LogP contribution < -0.4 is 5.73 Å². The molecule has 0 bridgehead atoms. The number of rotatable bonds is 5. The summed E-state index contributed by atoms with van der Waals surface area (Å²) in [7, 11) is 0. The van der Waals surface area contributed by atoms with Gasteiger partial charge in [0.25, 0.3) is 0 Å². The lowest BCUT2D eigenvalue weighted by Crippen LogP contribution is -2.50. The van der Waals surface area contributed by atoms with Crippen molar-refractivity contribution in [2.24, 2.45) is 0 Å². The standard InChI is InChI=1S/C20H28N4OS2/c21-20-22-19(16-8-6-12-26-16)17(27-20)13-18(25)24-11-5-2-7-15(24)14-23-9-3-1-4-10-23/h6,8,12,15H,1-5,7,9-11,13-14H2,(H2,21,22)/t15-/m0/s1. The molecule has 2 N–H and O–H groups in total. The van der Waals surface area contributed by atoms with Crippen molar-refractivity contribution in [3.8, 4) is 10.6 Å². The number of anilines is 1. The quantitative estimate of drug-likeness (QED) is 0.822. The molecule has 2 aliphatic rings. The Kier molecular flexibility index (Phi) is 6.10. The van der Waals surface area contributed by atoms with Crippen molar-refractivity contribution >= 4 is 33.7 Å². The molecule has 2 saturated heterocycles. The van der Waals surface area contributed by atoms with E-state index in [0.29, 0.717) is 17.6 Å². The Labute approximate surface area is 169 Å². The summed E-state index contributed by atoms with van der Waals surface area (Å²) in [6.07, 6.45) is 7.84. The van der Waals surface area contributed by atoms with E-state index in [1.807, 2.05) is 17.5 Å². The zero-order chi connectivity index (χ0) is 18.6. The predicted molar refractivity (Wildman–Crippen MR) is 113 cm³/mol. The number of aromatic nitrogens is 1. The number of hydrogen-bond donors (Lipinski definition) is 1. The molecule has 0 unspecified atom stereocenters. The van der Waals surface area contributed by atoms with E-state index in [1.165, 1.54) is 50.1 Å². The number of thiophene rings is 1. The van der Waals surface area contributed by atoms with E-state index in [4.69, 9.17) is 5.73 Å². The van der Waals surface area contributed by atoms with Crippen LogP contribution in [0.5, 0.6) is 0 Å². The summed E-state index contributed by atoms with van der Waals surface area (Å²) in [5.41, 5.74) is 6.87. The van der Waals surface area contributed by atoms with Gasteiger partial charge in [-0.3, -0.25) is 4.79 Å². The highest BCUT2D eigenvalue weighted by molar-refractivity contribution is 7.17. The molecule has 1 amide bonds. The summed E-state index contributed by atoms with van der Waals surface area (Å²) in [6.45, 7) is 4.30. The third-order valence-corrected chi connectivity index (χ3v) is 7.41. The fourth-order valence-electron chi connectivity index (χ4n) is 4.29. The highest BCUT2D eigenvalue weighted by atomic mass is 32.1. The highest BCUT2D eigenvalue weighted by Crippen LogP contribution is 2.33. The van der Waals surface area contributed by atoms with Crippen LogP contribution in [0.25, 0.3) is 10.6 Å². The highest BCUT2D eigenvalue weighted by Gasteiger charge is 2.29. The van der Waals surface area contributed by atoms with Crippen molar-refractivity contribution in [2.45, 2.75) is 51.0 Å². The minimum atomic E-state index is 0.234. The van der Waals surface area contributed by atoms with Crippen LogP contribution in [0, 0.1) is 0 Å². The second kappa shape index (κ2) is 8.71. The second-order valence-corrected chi connectivity index (χ2v) is 9.64. The molecule has 4 heterocycles. The van der Waals surface area contributed by atoms with Gasteiger partial charge in [0, 0.05) is 24.0 Å². The van der Waals surface area contributed by atoms with Gasteiger partial charge in [-0.2, -0.15) is 0 Å². The summed E-state index contributed by atoms with van der Waals surface area (Å²) in [4.78, 5) is 24.5. The first kappa shape index (κ1) is 18.9. The van der Waals surface area contributed by atoms with Crippen LogP contribution in [0.4, 0.5) is 5.13 Å². The van der Waals surface area contributed by atoms with Crippen LogP contribution in [0.2, 0.25) is 0 Å². The average molecular weight is 405 g/mol. The van der Waals surface area contributed by atoms with Crippen LogP contribution in [0.15, 0.2) is 17.5 Å². The van der Waals surface area contributed by atoms with Crippen molar-refractivity contribution in [1.82, 2.24) is 14.8 Å². The zero-order valence-corrected chi connectivity index (χ0v) is 17.4. The summed E-state index contributed by atoms with van der Waals surface area (Å²) < 4.78 is 0. The molecule has 0 aromatic carbocycles. The Hall–Kier alpha value is -1.44. The van der Waals surface area contributed by atoms with E-state index in [1.54, 1.807) is 11.3 Å². The minimum absolute atomic E-state index is 0.234. The first-order valence-corrected chi connectivity index (χ1v) is 11.7. The molecule has 27 heavy (non-hydrogen) atoms. The third-order valence-electron chi connectivity index (χ3n) is 5.65. The predicted octanol–water partition coefficient (Wildman–Crippen LogP) is 3.86. The second-order valence-electron chi connectivity index (χ2n) is 7.58. The molecular weight excluding hydrogens is 376 g/mol. The first-order chi connectivity index (χ1) is 13.2. The van der Waals surface area contributed by atoms with Crippen molar-refractivity contribution in [2.75, 3.05) is 31.9 Å². The smallest absolute Gasteiger partial charge is 0.228 e. The van der Waals surface area contributed by atoms with Gasteiger partial charge in [0.05, 0.1) is 17.0 Å². The Morgan fingerprint density at radius 3 is 2.78 bits per heavy atom. The molecular formula is C20H28N4OS2. The number of nitrogen functional groups attached to an aromatic ring is 1. The molecule has 5 nitrogen and oxygen atoms in total. The lowest BCUT2D eigenvalue weighted by atomic mass is 9.99. The number of likely N-dealkylation sites (tertiary alicyclic amines) is 2. The summed E-state index contributed by atoms with van der Waals surface area (Å²) >= 11 is 3.10. The number of hydrogen-bond acceptors (Lipinski definition) is 6. The number of carbonyl (C=O) groups excluding carboxylic acids is 1. The van der Waals surface area contributed by atoms with Gasteiger partial charge in [-0.15, -0.1) is 22.7 Å². The molecule has 7 heteroatoms. The van der Waals surface area contributed by atoms with Crippen molar-refractivity contribution in [3.05, 3.63) is 22.4 Å². The normalized spacial score (nSPS) is 21.5. The SMILES string of the molecule is Nc1nc(-c2cccs2)c(CC(=O)N2CCCC[C@H]2CN2CCCCC2)s1. The van der Waals surface area contributed by atoms with Gasteiger partial charge in [0.15, 0.2) is 5.13 Å². The van der Waals surface area contributed by atoms with Crippen LogP contribution >= 0.6 is 22.7 Å². The van der Waals surface area contributed by atoms with Gasteiger partial charge in [-0.05, 0) is 56.6 Å². The Morgan fingerprint density at radius 1 is 1.19 bits per heavy atom. The lowest BCUT2D eigenvalue weighted by molar-refractivity contribution is -0.134. The van der Waals surface area contributed by atoms with Gasteiger partial charge in [-0.25, -0.2) is 4.98 Å². The Balaban J connectivity index is 1.46. The van der Waals surface area contributed by atoms with Crippen molar-refractivity contribution in [1.29, 1.82) is 0 Å².